The summed E-state index contributed by atoms with van der Waals surface area (Å²) >= 11 is 0. The third kappa shape index (κ3) is 3.04. The third-order valence-electron chi connectivity index (χ3n) is 4.28. The first kappa shape index (κ1) is 14.8. The molecule has 5 nitrogen and oxygen atoms in total. The minimum absolute atomic E-state index is 0.222. The Kier molecular flexibility index (Phi) is 4.24. The second-order valence-corrected chi connectivity index (χ2v) is 5.80. The second-order valence-electron chi connectivity index (χ2n) is 5.80. The second kappa shape index (κ2) is 6.32. The molecule has 0 saturated carbocycles. The van der Waals surface area contributed by atoms with Crippen molar-refractivity contribution in [3.8, 4) is 17.1 Å². The van der Waals surface area contributed by atoms with E-state index in [2.05, 4.69) is 21.8 Å². The van der Waals surface area contributed by atoms with Gasteiger partial charge in [-0.2, -0.15) is 0 Å². The molecule has 0 radical (unpaired) electrons. The maximum Gasteiger partial charge on any atom is 0.165 e. The molecule has 1 fully saturated rings. The van der Waals surface area contributed by atoms with Gasteiger partial charge in [-0.25, -0.2) is 9.97 Å². The molecule has 0 bridgehead atoms. The van der Waals surface area contributed by atoms with Crippen molar-refractivity contribution >= 4 is 5.82 Å². The van der Waals surface area contributed by atoms with Crippen molar-refractivity contribution in [2.24, 2.45) is 0 Å². The van der Waals surface area contributed by atoms with Crippen molar-refractivity contribution in [3.05, 3.63) is 36.0 Å². The minimum Gasteiger partial charge on any atom is -0.507 e. The van der Waals surface area contributed by atoms with Crippen LogP contribution in [0.2, 0.25) is 0 Å². The molecule has 22 heavy (non-hydrogen) atoms. The lowest BCUT2D eigenvalue weighted by atomic mass is 10.2. The number of para-hydroxylation sites is 1. The third-order valence-corrected chi connectivity index (χ3v) is 4.28. The summed E-state index contributed by atoms with van der Waals surface area (Å²) in [5.74, 6) is 1.78. The largest absolute Gasteiger partial charge is 0.507 e. The maximum absolute atomic E-state index is 10.0. The molecule has 1 aliphatic rings. The van der Waals surface area contributed by atoms with E-state index in [1.807, 2.05) is 31.2 Å². The van der Waals surface area contributed by atoms with Crippen LogP contribution in [-0.4, -0.2) is 47.8 Å². The summed E-state index contributed by atoms with van der Waals surface area (Å²) in [6, 6.07) is 9.25. The van der Waals surface area contributed by atoms with Gasteiger partial charge in [0.15, 0.2) is 5.82 Å². The quantitative estimate of drug-likeness (QED) is 0.883. The van der Waals surface area contributed by atoms with Gasteiger partial charge in [-0.15, -0.1) is 0 Å². The Morgan fingerprint density at radius 3 is 2.59 bits per heavy atom. The normalized spacial score (nSPS) is 16.0. The molecule has 2 heterocycles. The van der Waals surface area contributed by atoms with Crippen molar-refractivity contribution < 1.29 is 10.0 Å². The van der Waals surface area contributed by atoms with E-state index in [4.69, 9.17) is 0 Å². The molecule has 0 atom stereocenters. The number of hydrogen-bond donors (Lipinski definition) is 2. The number of benzene rings is 1. The molecule has 0 aliphatic carbocycles. The van der Waals surface area contributed by atoms with Gasteiger partial charge in [0.1, 0.15) is 11.6 Å². The van der Waals surface area contributed by atoms with Crippen molar-refractivity contribution in [1.82, 2.24) is 9.97 Å². The summed E-state index contributed by atoms with van der Waals surface area (Å²) in [7, 11) is 0. The fourth-order valence-corrected chi connectivity index (χ4v) is 2.90. The summed E-state index contributed by atoms with van der Waals surface area (Å²) in [6.45, 7) is 9.70. The van der Waals surface area contributed by atoms with Crippen LogP contribution in [0.25, 0.3) is 11.4 Å². The highest BCUT2D eigenvalue weighted by Gasteiger charge is 2.20. The van der Waals surface area contributed by atoms with Crippen LogP contribution >= 0.6 is 0 Å². The Morgan fingerprint density at radius 1 is 1.18 bits per heavy atom. The highest BCUT2D eigenvalue weighted by atomic mass is 16.3. The number of piperazine rings is 1. The number of quaternary nitrogens is 1. The number of aromatic nitrogens is 2. The Labute approximate surface area is 131 Å². The minimum atomic E-state index is 0.222. The van der Waals surface area contributed by atoms with Gasteiger partial charge in [0.25, 0.3) is 0 Å². The number of phenols is 1. The predicted octanol–water partition coefficient (Wildman–Crippen LogP) is 0.882. The standard InChI is InChI=1S/C17H22N4O/c1-3-20-8-10-21(11-9-20)16-12-13(2)18-17(19-16)14-6-4-5-7-15(14)22/h4-7,12,22H,3,8-11H2,1-2H3/p+1. The molecule has 0 spiro atoms. The average Bonchev–Trinajstić information content (AvgIpc) is 2.55. The number of rotatable bonds is 3. The first-order valence-electron chi connectivity index (χ1n) is 7.90. The fourth-order valence-electron chi connectivity index (χ4n) is 2.90. The summed E-state index contributed by atoms with van der Waals surface area (Å²) in [6.07, 6.45) is 0. The van der Waals surface area contributed by atoms with E-state index < -0.39 is 0 Å². The maximum atomic E-state index is 10.0. The Bertz CT molecular complexity index is 651. The Hall–Kier alpha value is -2.14. The molecule has 0 unspecified atom stereocenters. The predicted molar refractivity (Wildman–Crippen MR) is 87.3 cm³/mol. The molecule has 1 aromatic carbocycles. The number of hydrogen-bond acceptors (Lipinski definition) is 4. The van der Waals surface area contributed by atoms with E-state index in [9.17, 15) is 5.11 Å². The van der Waals surface area contributed by atoms with Gasteiger partial charge < -0.3 is 14.9 Å². The number of anilines is 1. The van der Waals surface area contributed by atoms with Crippen LogP contribution in [0.3, 0.4) is 0 Å². The van der Waals surface area contributed by atoms with Crippen LogP contribution in [0.15, 0.2) is 30.3 Å². The van der Waals surface area contributed by atoms with Crippen LogP contribution in [0.1, 0.15) is 12.6 Å². The first-order valence-corrected chi connectivity index (χ1v) is 7.90. The molecule has 1 aliphatic heterocycles. The van der Waals surface area contributed by atoms with Crippen molar-refractivity contribution in [3.63, 3.8) is 0 Å². The van der Waals surface area contributed by atoms with Crippen molar-refractivity contribution in [2.45, 2.75) is 13.8 Å². The van der Waals surface area contributed by atoms with Crippen LogP contribution < -0.4 is 9.80 Å². The zero-order valence-corrected chi connectivity index (χ0v) is 13.2. The number of nitrogens with zero attached hydrogens (tertiary/aromatic N) is 3. The monoisotopic (exact) mass is 299 g/mol. The van der Waals surface area contributed by atoms with Gasteiger partial charge in [-0.1, -0.05) is 12.1 Å². The molecule has 2 N–H and O–H groups in total. The molecule has 1 aromatic heterocycles. The van der Waals surface area contributed by atoms with E-state index in [1.54, 1.807) is 11.0 Å². The van der Waals surface area contributed by atoms with Crippen molar-refractivity contribution in [1.29, 1.82) is 0 Å². The van der Waals surface area contributed by atoms with Gasteiger partial charge in [0.05, 0.1) is 38.3 Å². The van der Waals surface area contributed by atoms with Crippen LogP contribution in [-0.2, 0) is 0 Å². The lowest BCUT2D eigenvalue weighted by Gasteiger charge is -2.32. The number of likely N-dealkylation sites (N-methyl/N-ethyl adjacent to an activating group) is 1. The van der Waals surface area contributed by atoms with Gasteiger partial charge >= 0.3 is 0 Å². The van der Waals surface area contributed by atoms with Gasteiger partial charge in [-0.3, -0.25) is 0 Å². The molecule has 3 rings (SSSR count). The number of aryl methyl sites for hydroxylation is 1. The number of phenolic OH excluding ortho intramolecular Hbond substituents is 1. The fraction of sp³-hybridized carbons (Fsp3) is 0.412. The lowest BCUT2D eigenvalue weighted by Crippen LogP contribution is -3.14. The topological polar surface area (TPSA) is 53.7 Å². The van der Waals surface area contributed by atoms with Crippen LogP contribution in [0.5, 0.6) is 5.75 Å². The molecular weight excluding hydrogens is 276 g/mol. The van der Waals surface area contributed by atoms with E-state index in [0.717, 1.165) is 37.7 Å². The number of aromatic hydroxyl groups is 1. The zero-order valence-electron chi connectivity index (χ0n) is 13.2. The Balaban J connectivity index is 1.89. The molecular formula is C17H23N4O+. The summed E-state index contributed by atoms with van der Waals surface area (Å²) in [4.78, 5) is 13.1. The molecule has 1 saturated heterocycles. The summed E-state index contributed by atoms with van der Waals surface area (Å²) < 4.78 is 0. The molecule has 5 heteroatoms. The first-order chi connectivity index (χ1) is 10.7. The zero-order chi connectivity index (χ0) is 15.5. The van der Waals surface area contributed by atoms with Gasteiger partial charge in [-0.05, 0) is 26.0 Å². The summed E-state index contributed by atoms with van der Waals surface area (Å²) in [5, 5.41) is 10.0. The SMILES string of the molecule is CC[NH+]1CCN(c2cc(C)nc(-c3ccccc3O)n2)CC1. The van der Waals surface area contributed by atoms with E-state index in [1.165, 1.54) is 6.54 Å². The average molecular weight is 299 g/mol. The molecule has 2 aromatic rings. The smallest absolute Gasteiger partial charge is 0.165 e. The van der Waals surface area contributed by atoms with E-state index >= 15 is 0 Å². The Morgan fingerprint density at radius 2 is 1.91 bits per heavy atom. The molecule has 116 valence electrons. The van der Waals surface area contributed by atoms with Gasteiger partial charge in [0.2, 0.25) is 0 Å². The van der Waals surface area contributed by atoms with E-state index in [0.29, 0.717) is 11.4 Å². The van der Waals surface area contributed by atoms with Gasteiger partial charge in [0, 0.05) is 11.8 Å². The van der Waals surface area contributed by atoms with Crippen LogP contribution in [0.4, 0.5) is 5.82 Å². The number of nitrogens with one attached hydrogen (secondary N) is 1. The van der Waals surface area contributed by atoms with Crippen molar-refractivity contribution in [2.75, 3.05) is 37.6 Å². The van der Waals surface area contributed by atoms with Crippen LogP contribution in [0, 0.1) is 6.92 Å². The highest BCUT2D eigenvalue weighted by molar-refractivity contribution is 5.65. The van der Waals surface area contributed by atoms with E-state index in [-0.39, 0.29) is 5.75 Å². The lowest BCUT2D eigenvalue weighted by molar-refractivity contribution is -0.898. The summed E-state index contributed by atoms with van der Waals surface area (Å²) in [5.41, 5.74) is 1.61. The highest BCUT2D eigenvalue weighted by Crippen LogP contribution is 2.27. The molecule has 0 amide bonds.